The van der Waals surface area contributed by atoms with Gasteiger partial charge in [0.2, 0.25) is 5.95 Å². The van der Waals surface area contributed by atoms with Crippen molar-refractivity contribution < 1.29 is 0 Å². The molecule has 7 nitrogen and oxygen atoms in total. The van der Waals surface area contributed by atoms with E-state index < -0.39 is 0 Å². The standard InChI is InChI=1S/C53H40N4.C42H27N3/c1-53(2)43-22-12-9-21-40(43)51-49-44(28-27-37(50(49)53)33-15-5-3-6-16-33)54-52(55-51)57-46-24-14-11-20-39(46)42-32-35(26-30-48(42)57)34-25-29-47-41(31-34)38-19-10-13-23-45(38)56(47)36-17-7-4-8-18-36;1-4-14-28(15-5-1)31-24-25-39-36(26-31)33-21-12-13-23-38(33)45(39)42-43-40(30-18-8-3-9-19-30)37-27-35(29-16-6-2-7-17-29)32-20-10-11-22-34(32)41(37)44-42/h3-32,49,51-52,55H,1-2H3;1-27H. The van der Waals surface area contributed by atoms with E-state index in [1.807, 2.05) is 0 Å². The third kappa shape index (κ3) is 9.42. The fourth-order valence-electron chi connectivity index (χ4n) is 17.2. The molecule has 0 fully saturated rings. The van der Waals surface area contributed by atoms with Crippen LogP contribution in [0.2, 0.25) is 0 Å². The molecule has 0 saturated carbocycles. The molecule has 2 aliphatic carbocycles. The molecule has 3 atom stereocenters. The van der Waals surface area contributed by atoms with Crippen molar-refractivity contribution in [1.29, 1.82) is 0 Å². The summed E-state index contributed by atoms with van der Waals surface area (Å²) in [5.41, 5.74) is 26.0. The second-order valence-electron chi connectivity index (χ2n) is 27.7. The van der Waals surface area contributed by atoms with Crippen LogP contribution in [0.3, 0.4) is 0 Å². The van der Waals surface area contributed by atoms with Gasteiger partial charge >= 0.3 is 0 Å². The highest BCUT2D eigenvalue weighted by Gasteiger charge is 2.50. The first kappa shape index (κ1) is 59.3. The Kier molecular flexibility index (Phi) is 13.8. The lowest BCUT2D eigenvalue weighted by atomic mass is 9.58. The van der Waals surface area contributed by atoms with Crippen molar-refractivity contribution in [2.24, 2.45) is 10.9 Å². The minimum atomic E-state index is -0.284. The van der Waals surface area contributed by atoms with E-state index in [1.165, 1.54) is 127 Å². The van der Waals surface area contributed by atoms with E-state index in [2.05, 4.69) is 379 Å². The lowest BCUT2D eigenvalue weighted by Crippen LogP contribution is -2.50. The maximum Gasteiger partial charge on any atom is 0.235 e. The van der Waals surface area contributed by atoms with Gasteiger partial charge in [-0.2, -0.15) is 0 Å². The molecule has 21 rings (SSSR count). The molecule has 3 unspecified atom stereocenters. The SMILES string of the molecule is CC1(C)C2=C(c3ccccc3)C=CC3=NC(n4c5ccccc5c5cc(-c6ccc7c(c6)c6ccccc6n7-c6ccccc6)ccc54)NC(c4ccccc41)C32.c1ccc(-c2ccc3c(c2)c2ccccc2n3-c2nc(-c3ccccc3)c3cc(-c4ccccc4)c4ccccc4c3n2)cc1. The minimum absolute atomic E-state index is 0.0746. The first-order chi connectivity index (χ1) is 50.4. The van der Waals surface area contributed by atoms with Crippen LogP contribution >= 0.6 is 0 Å². The first-order valence-corrected chi connectivity index (χ1v) is 35.3. The topological polar surface area (TPSA) is 65.0 Å². The van der Waals surface area contributed by atoms with Gasteiger partial charge in [0.05, 0.1) is 44.3 Å². The van der Waals surface area contributed by atoms with E-state index in [0.29, 0.717) is 5.95 Å². The molecule has 5 heterocycles. The molecule has 7 heteroatoms. The fourth-order valence-corrected chi connectivity index (χ4v) is 17.2. The Bertz CT molecular complexity index is 6500. The first-order valence-electron chi connectivity index (χ1n) is 35.3. The van der Waals surface area contributed by atoms with Crippen molar-refractivity contribution in [3.63, 3.8) is 0 Å². The Hall–Kier alpha value is -12.8. The summed E-state index contributed by atoms with van der Waals surface area (Å²) in [6.45, 7) is 4.79. The molecule has 1 N–H and O–H groups in total. The Morgan fingerprint density at radius 2 is 0.804 bits per heavy atom. The number of nitrogens with one attached hydrogen (secondary N) is 1. The van der Waals surface area contributed by atoms with Gasteiger partial charge in [0.1, 0.15) is 0 Å². The van der Waals surface area contributed by atoms with E-state index in [4.69, 9.17) is 15.0 Å². The number of hydrogen-bond acceptors (Lipinski definition) is 4. The zero-order valence-corrected chi connectivity index (χ0v) is 56.3. The van der Waals surface area contributed by atoms with Gasteiger partial charge in [-0.3, -0.25) is 9.88 Å². The van der Waals surface area contributed by atoms with Crippen LogP contribution in [0.25, 0.3) is 149 Å². The lowest BCUT2D eigenvalue weighted by molar-refractivity contribution is 0.300. The average Bonchev–Trinajstić information content (AvgIpc) is 1.49. The molecular weight excluding hydrogens is 1240 g/mol. The maximum absolute atomic E-state index is 5.61. The number of para-hydroxylation sites is 4. The molecule has 18 aromatic rings. The molecule has 0 saturated heterocycles. The highest BCUT2D eigenvalue weighted by Crippen LogP contribution is 2.56. The molecule has 4 aromatic heterocycles. The van der Waals surface area contributed by atoms with Gasteiger partial charge in [-0.15, -0.1) is 0 Å². The van der Waals surface area contributed by atoms with Gasteiger partial charge in [0.25, 0.3) is 0 Å². The van der Waals surface area contributed by atoms with Crippen molar-refractivity contribution in [2.75, 3.05) is 0 Å². The van der Waals surface area contributed by atoms with Crippen molar-refractivity contribution >= 4 is 98.4 Å². The molecule has 482 valence electrons. The van der Waals surface area contributed by atoms with E-state index in [1.54, 1.807) is 0 Å². The van der Waals surface area contributed by atoms with E-state index in [9.17, 15) is 0 Å². The Labute approximate surface area is 590 Å². The summed E-state index contributed by atoms with van der Waals surface area (Å²) in [7, 11) is 0. The summed E-state index contributed by atoms with van der Waals surface area (Å²) in [6, 6.07) is 120. The van der Waals surface area contributed by atoms with Crippen molar-refractivity contribution in [2.45, 2.75) is 31.6 Å². The van der Waals surface area contributed by atoms with Crippen LogP contribution in [0.1, 0.15) is 42.9 Å². The molecule has 0 spiro atoms. The summed E-state index contributed by atoms with van der Waals surface area (Å²) in [4.78, 5) is 16.4. The Morgan fingerprint density at radius 3 is 1.45 bits per heavy atom. The van der Waals surface area contributed by atoms with Gasteiger partial charge in [-0.1, -0.05) is 281 Å². The second-order valence-corrected chi connectivity index (χ2v) is 27.7. The quantitative estimate of drug-likeness (QED) is 0.154. The Balaban J connectivity index is 0.000000141. The number of aromatic nitrogens is 5. The third-order valence-electron chi connectivity index (χ3n) is 21.8. The van der Waals surface area contributed by atoms with Crippen molar-refractivity contribution in [3.05, 3.63) is 368 Å². The molecule has 0 radical (unpaired) electrons. The van der Waals surface area contributed by atoms with Gasteiger partial charge < -0.3 is 9.13 Å². The van der Waals surface area contributed by atoms with Crippen LogP contribution in [-0.4, -0.2) is 29.4 Å². The summed E-state index contributed by atoms with van der Waals surface area (Å²) < 4.78 is 7.04. The molecular formula is C95H67N7. The van der Waals surface area contributed by atoms with E-state index in [-0.39, 0.29) is 23.7 Å². The van der Waals surface area contributed by atoms with Crippen LogP contribution in [0.15, 0.2) is 356 Å². The zero-order chi connectivity index (χ0) is 67.6. The van der Waals surface area contributed by atoms with Crippen LogP contribution in [-0.2, 0) is 5.41 Å². The highest BCUT2D eigenvalue weighted by molar-refractivity contribution is 6.17. The largest absolute Gasteiger partial charge is 0.309 e. The zero-order valence-electron chi connectivity index (χ0n) is 56.3. The van der Waals surface area contributed by atoms with Crippen LogP contribution in [0.5, 0.6) is 0 Å². The van der Waals surface area contributed by atoms with Crippen LogP contribution in [0, 0.1) is 5.92 Å². The number of fused-ring (bicyclic) bond motifs is 14. The number of benzene rings is 14. The third-order valence-corrected chi connectivity index (χ3v) is 21.8. The van der Waals surface area contributed by atoms with Crippen molar-refractivity contribution in [1.82, 2.24) is 29.0 Å². The number of aliphatic imine (C=N–C) groups is 1. The smallest absolute Gasteiger partial charge is 0.235 e. The molecule has 1 aliphatic heterocycles. The summed E-state index contributed by atoms with van der Waals surface area (Å²) >= 11 is 0. The van der Waals surface area contributed by atoms with Gasteiger partial charge in [0, 0.05) is 77.4 Å². The minimum Gasteiger partial charge on any atom is -0.309 e. The maximum atomic E-state index is 5.61. The molecule has 0 bridgehead atoms. The van der Waals surface area contributed by atoms with Crippen LogP contribution in [0.4, 0.5) is 0 Å². The van der Waals surface area contributed by atoms with E-state index >= 15 is 0 Å². The fraction of sp³-hybridized carbons (Fsp3) is 0.0632. The monoisotopic (exact) mass is 1310 g/mol. The number of allylic oxidation sites excluding steroid dienone is 3. The summed E-state index contributed by atoms with van der Waals surface area (Å²) in [5.74, 6) is 0.798. The number of nitrogens with zero attached hydrogens (tertiary/aromatic N) is 6. The lowest BCUT2D eigenvalue weighted by Gasteiger charge is -2.50. The van der Waals surface area contributed by atoms with Crippen LogP contribution < -0.4 is 5.32 Å². The Morgan fingerprint density at radius 1 is 0.343 bits per heavy atom. The van der Waals surface area contributed by atoms with Gasteiger partial charge in [-0.25, -0.2) is 15.0 Å². The highest BCUT2D eigenvalue weighted by atomic mass is 15.3. The predicted molar refractivity (Wildman–Crippen MR) is 425 cm³/mol. The molecule has 102 heavy (non-hydrogen) atoms. The van der Waals surface area contributed by atoms with Crippen molar-refractivity contribution in [3.8, 4) is 56.3 Å². The summed E-state index contributed by atoms with van der Waals surface area (Å²) in [5, 5.41) is 14.8. The molecule has 3 aliphatic rings. The number of hydrogen-bond donors (Lipinski definition) is 1. The number of rotatable bonds is 8. The predicted octanol–water partition coefficient (Wildman–Crippen LogP) is 23.6. The average molecular weight is 1310 g/mol. The van der Waals surface area contributed by atoms with Gasteiger partial charge in [-0.05, 0) is 145 Å². The van der Waals surface area contributed by atoms with Gasteiger partial charge in [0.15, 0.2) is 6.29 Å². The van der Waals surface area contributed by atoms with E-state index in [0.717, 1.165) is 44.3 Å². The second kappa shape index (κ2) is 23.7. The molecule has 0 amide bonds. The normalized spacial score (nSPS) is 16.1. The molecule has 14 aromatic carbocycles. The summed E-state index contributed by atoms with van der Waals surface area (Å²) in [6.07, 6.45) is 4.33.